The molecule has 4 heterocycles. The van der Waals surface area contributed by atoms with E-state index in [9.17, 15) is 9.59 Å². The fraction of sp³-hybridized carbons (Fsp3) is 0.359. The molecule has 3 aromatic carbocycles. The zero-order chi connectivity index (χ0) is 37.3. The molecule has 1 amide bonds. The molecule has 0 unspecified atom stereocenters. The molecular formula is C39H44N5O7PSi. The third-order valence-corrected chi connectivity index (χ3v) is 16.1. The molecule has 14 heteroatoms. The van der Waals surface area contributed by atoms with Crippen molar-refractivity contribution in [2.45, 2.75) is 63.4 Å². The fourth-order valence-electron chi connectivity index (χ4n) is 7.47. The van der Waals surface area contributed by atoms with E-state index in [2.05, 4.69) is 40.4 Å². The van der Waals surface area contributed by atoms with Gasteiger partial charge in [0.2, 0.25) is 11.6 Å². The Kier molecular flexibility index (Phi) is 10.4. The number of carbonyl (C=O) groups is 1. The molecule has 2 saturated heterocycles. The normalized spacial score (nSPS) is 25.2. The average molecular weight is 754 g/mol. The Labute approximate surface area is 312 Å². The monoisotopic (exact) mass is 753 g/mol. The summed E-state index contributed by atoms with van der Waals surface area (Å²) in [6.45, 7) is 8.66. The van der Waals surface area contributed by atoms with Gasteiger partial charge in [0.15, 0.2) is 11.6 Å². The zero-order valence-corrected chi connectivity index (χ0v) is 32.1. The molecule has 2 fully saturated rings. The van der Waals surface area contributed by atoms with Gasteiger partial charge in [0.1, 0.15) is 24.8 Å². The van der Waals surface area contributed by atoms with Crippen LogP contribution in [0.25, 0.3) is 0 Å². The number of terminal acetylenes is 1. The largest absolute Gasteiger partial charge is 0.424 e. The summed E-state index contributed by atoms with van der Waals surface area (Å²) in [5.74, 6) is 0.651. The van der Waals surface area contributed by atoms with E-state index >= 15 is 0 Å². The van der Waals surface area contributed by atoms with Crippen molar-refractivity contribution < 1.29 is 32.6 Å². The summed E-state index contributed by atoms with van der Waals surface area (Å²) in [7, 11) is -4.86. The number of aromatic nitrogens is 2. The highest BCUT2D eigenvalue weighted by Crippen LogP contribution is 2.58. The highest BCUT2D eigenvalue weighted by Gasteiger charge is 2.58. The van der Waals surface area contributed by atoms with Gasteiger partial charge < -0.3 is 34.3 Å². The molecule has 3 aliphatic rings. The smallest absolute Gasteiger partial charge is 0.338 e. The van der Waals surface area contributed by atoms with E-state index in [1.54, 1.807) is 31.2 Å². The second kappa shape index (κ2) is 14.9. The number of nitrogens with one attached hydrogen (secondary N) is 2. The van der Waals surface area contributed by atoms with Crippen LogP contribution in [0.5, 0.6) is 0 Å². The van der Waals surface area contributed by atoms with Crippen LogP contribution in [-0.2, 0) is 23.0 Å². The van der Waals surface area contributed by atoms with Gasteiger partial charge in [-0.05, 0) is 53.7 Å². The number of benzene rings is 3. The molecule has 3 aliphatic heterocycles. The van der Waals surface area contributed by atoms with Gasteiger partial charge in [-0.1, -0.05) is 92.7 Å². The van der Waals surface area contributed by atoms with E-state index in [0.717, 1.165) is 10.4 Å². The van der Waals surface area contributed by atoms with E-state index in [1.807, 2.05) is 78.6 Å². The molecule has 276 valence electrons. The number of anilines is 3. The summed E-state index contributed by atoms with van der Waals surface area (Å²) in [5.41, 5.74) is 1.06. The van der Waals surface area contributed by atoms with Gasteiger partial charge >= 0.3 is 8.60 Å². The van der Waals surface area contributed by atoms with Crippen LogP contribution in [0.4, 0.5) is 17.3 Å². The van der Waals surface area contributed by atoms with E-state index in [4.69, 9.17) is 29.5 Å². The molecular weight excluding hydrogens is 710 g/mol. The van der Waals surface area contributed by atoms with Crippen LogP contribution in [0.3, 0.4) is 0 Å². The molecule has 7 rings (SSSR count). The minimum Gasteiger partial charge on any atom is -0.424 e. The van der Waals surface area contributed by atoms with Crippen molar-refractivity contribution >= 4 is 50.5 Å². The number of nitrogens with zero attached hydrogens (tertiary/aromatic N) is 3. The first-order valence-electron chi connectivity index (χ1n) is 17.7. The standard InChI is InChI=1S/C39H44N5O7PSi/c1-6-39(47-25-38(5)50-52(51-38)48-7-2)24-29(23-37(3,4)53(46,30-19-13-9-14-20-30)31-21-15-10-16-22-31)36(49-39)44-27-42-32-33(40-26-41-34(32)44)43-35(45)28-17-11-8-12-18-28/h1,8-22,26,29,36,42,46H,7,23-25,27H2,2-5H3,(H,40,41,43,45)/t29-,36-,38?,39+,52?/m1/s1. The Hall–Kier alpha value is -4.22. The number of fused-ring (bicyclic) bond motifs is 1. The van der Waals surface area contributed by atoms with Crippen LogP contribution in [0, 0.1) is 18.3 Å². The van der Waals surface area contributed by atoms with Crippen molar-refractivity contribution in [3.63, 3.8) is 0 Å². The van der Waals surface area contributed by atoms with Gasteiger partial charge in [0, 0.05) is 17.9 Å². The lowest BCUT2D eigenvalue weighted by Crippen LogP contribution is -2.65. The fourth-order valence-corrected chi connectivity index (χ4v) is 12.3. The number of hydrogen-bond donors (Lipinski definition) is 3. The van der Waals surface area contributed by atoms with Crippen LogP contribution in [0.2, 0.25) is 5.04 Å². The number of rotatable bonds is 13. The number of amides is 1. The number of carbonyl (C=O) groups excluding carboxylic acids is 1. The second-order valence-corrected chi connectivity index (χ2v) is 19.2. The Bertz CT molecular complexity index is 1910. The predicted octanol–water partition coefficient (Wildman–Crippen LogP) is 5.58. The molecule has 12 nitrogen and oxygen atoms in total. The summed E-state index contributed by atoms with van der Waals surface area (Å²) in [6.07, 6.45) is 7.87. The van der Waals surface area contributed by atoms with Crippen molar-refractivity contribution in [3.8, 4) is 12.3 Å². The number of ether oxygens (including phenoxy) is 2. The Morgan fingerprint density at radius 2 is 1.70 bits per heavy atom. The molecule has 0 bridgehead atoms. The molecule has 0 radical (unpaired) electrons. The third kappa shape index (κ3) is 7.22. The van der Waals surface area contributed by atoms with Crippen LogP contribution in [0.15, 0.2) is 97.3 Å². The van der Waals surface area contributed by atoms with Crippen molar-refractivity contribution in [1.29, 1.82) is 0 Å². The van der Waals surface area contributed by atoms with Crippen LogP contribution < -0.4 is 25.9 Å². The summed E-state index contributed by atoms with van der Waals surface area (Å²) in [4.78, 5) is 37.2. The molecule has 0 aliphatic carbocycles. The van der Waals surface area contributed by atoms with Crippen molar-refractivity contribution in [2.75, 3.05) is 35.4 Å². The molecule has 3 N–H and O–H groups in total. The lowest BCUT2D eigenvalue weighted by Gasteiger charge is -2.43. The van der Waals surface area contributed by atoms with Crippen LogP contribution in [-0.4, -0.2) is 66.7 Å². The first kappa shape index (κ1) is 37.1. The minimum atomic E-state index is -3.42. The highest BCUT2D eigenvalue weighted by atomic mass is 31.2. The van der Waals surface area contributed by atoms with E-state index in [0.29, 0.717) is 49.0 Å². The maximum Gasteiger partial charge on any atom is 0.338 e. The molecule has 0 saturated carbocycles. The SMILES string of the molecule is C#C[C@@]1(OCC2(C)OP(OCC)O2)C[C@@H](CC(C)(C)[Si](O)(c2ccccc2)c2ccccc2)[C@H](N2CNc3c(NC(=O)c4ccccc4)ncnc32)O1. The first-order valence-corrected chi connectivity index (χ1v) is 20.7. The van der Waals surface area contributed by atoms with Gasteiger partial charge in [-0.3, -0.25) is 13.8 Å². The van der Waals surface area contributed by atoms with Crippen LogP contribution in [0.1, 0.15) is 50.9 Å². The Morgan fingerprint density at radius 3 is 2.30 bits per heavy atom. The molecule has 0 spiro atoms. The maximum absolute atomic E-state index is 13.1. The average Bonchev–Trinajstić information content (AvgIpc) is 3.76. The quantitative estimate of drug-likeness (QED) is 0.0898. The second-order valence-electron chi connectivity index (χ2n) is 14.2. The summed E-state index contributed by atoms with van der Waals surface area (Å²) in [6, 6.07) is 28.8. The lowest BCUT2D eigenvalue weighted by atomic mass is 9.90. The minimum absolute atomic E-state index is 0.00529. The van der Waals surface area contributed by atoms with Gasteiger partial charge in [0.25, 0.3) is 14.2 Å². The molecule has 53 heavy (non-hydrogen) atoms. The van der Waals surface area contributed by atoms with Crippen molar-refractivity contribution in [1.82, 2.24) is 9.97 Å². The third-order valence-electron chi connectivity index (χ3n) is 10.0. The topological polar surface area (TPSA) is 137 Å². The summed E-state index contributed by atoms with van der Waals surface area (Å²) < 4.78 is 30.5. The molecule has 1 aromatic heterocycles. The van der Waals surface area contributed by atoms with E-state index in [-0.39, 0.29) is 18.4 Å². The number of hydrogen-bond acceptors (Lipinski definition) is 11. The molecule has 3 atom stereocenters. The van der Waals surface area contributed by atoms with Gasteiger partial charge in [-0.25, -0.2) is 9.97 Å². The van der Waals surface area contributed by atoms with Gasteiger partial charge in [0.05, 0.1) is 13.3 Å². The van der Waals surface area contributed by atoms with Crippen LogP contribution >= 0.6 is 8.60 Å². The maximum atomic E-state index is 13.1. The lowest BCUT2D eigenvalue weighted by molar-refractivity contribution is -0.270. The summed E-state index contributed by atoms with van der Waals surface area (Å²) >= 11 is 0. The van der Waals surface area contributed by atoms with Crippen molar-refractivity contribution in [2.24, 2.45) is 5.92 Å². The highest BCUT2D eigenvalue weighted by molar-refractivity contribution is 7.42. The molecule has 4 aromatic rings. The first-order chi connectivity index (χ1) is 25.5. The van der Waals surface area contributed by atoms with E-state index in [1.165, 1.54) is 6.33 Å². The van der Waals surface area contributed by atoms with Gasteiger partial charge in [-0.2, -0.15) is 0 Å². The Balaban J connectivity index is 1.22. The summed E-state index contributed by atoms with van der Waals surface area (Å²) in [5, 5.41) is 7.48. The zero-order valence-electron chi connectivity index (χ0n) is 30.2. The van der Waals surface area contributed by atoms with Gasteiger partial charge in [-0.15, -0.1) is 6.42 Å². The predicted molar refractivity (Wildman–Crippen MR) is 206 cm³/mol. The van der Waals surface area contributed by atoms with Crippen molar-refractivity contribution in [3.05, 3.63) is 103 Å². The van der Waals surface area contributed by atoms with E-state index < -0.39 is 39.8 Å². The Morgan fingerprint density at radius 1 is 1.08 bits per heavy atom.